The zero-order valence-corrected chi connectivity index (χ0v) is 13.0. The molecule has 0 saturated heterocycles. The maximum Gasteiger partial charge on any atom is 0.338 e. The molecule has 0 atom stereocenters. The number of benzene rings is 2. The summed E-state index contributed by atoms with van der Waals surface area (Å²) < 4.78 is 4.73. The molecule has 0 aliphatic heterocycles. The summed E-state index contributed by atoms with van der Waals surface area (Å²) in [6.45, 7) is 3.79. The molecule has 1 amide bonds. The number of carbonyl (C=O) groups excluding carboxylic acids is 2. The first kappa shape index (κ1) is 15.8. The molecule has 0 unspecified atom stereocenters. The first-order valence-electron chi connectivity index (χ1n) is 7.04. The van der Waals surface area contributed by atoms with E-state index < -0.39 is 5.97 Å². The van der Waals surface area contributed by atoms with Gasteiger partial charge in [-0.25, -0.2) is 4.79 Å². The molecule has 2 rings (SSSR count). The van der Waals surface area contributed by atoms with Gasteiger partial charge in [0.05, 0.1) is 19.1 Å². The predicted molar refractivity (Wildman–Crippen MR) is 86.0 cm³/mol. The lowest BCUT2D eigenvalue weighted by molar-refractivity contribution is -0.115. The molecule has 0 bridgehead atoms. The van der Waals surface area contributed by atoms with Gasteiger partial charge in [-0.05, 0) is 37.1 Å². The molecule has 114 valence electrons. The summed E-state index contributed by atoms with van der Waals surface area (Å²) in [6, 6.07) is 13.0. The van der Waals surface area contributed by atoms with Crippen molar-refractivity contribution in [1.29, 1.82) is 0 Å². The van der Waals surface area contributed by atoms with E-state index in [1.165, 1.54) is 7.11 Å². The zero-order chi connectivity index (χ0) is 16.1. The van der Waals surface area contributed by atoms with Crippen molar-refractivity contribution in [1.82, 2.24) is 0 Å². The second-order valence-electron chi connectivity index (χ2n) is 5.18. The van der Waals surface area contributed by atoms with Crippen molar-refractivity contribution in [3.8, 4) is 0 Å². The Morgan fingerprint density at radius 3 is 2.36 bits per heavy atom. The Hall–Kier alpha value is -2.62. The minimum absolute atomic E-state index is 0.117. The lowest BCUT2D eigenvalue weighted by atomic mass is 10.1. The smallest absolute Gasteiger partial charge is 0.338 e. The van der Waals surface area contributed by atoms with Crippen LogP contribution >= 0.6 is 0 Å². The highest BCUT2D eigenvalue weighted by molar-refractivity contribution is 5.97. The Morgan fingerprint density at radius 2 is 1.73 bits per heavy atom. The summed E-state index contributed by atoms with van der Waals surface area (Å²) in [5.74, 6) is -0.527. The summed E-state index contributed by atoms with van der Waals surface area (Å²) >= 11 is 0. The maximum atomic E-state index is 12.1. The molecule has 0 saturated carbocycles. The third-order valence-electron chi connectivity index (χ3n) is 3.50. The van der Waals surface area contributed by atoms with Crippen molar-refractivity contribution < 1.29 is 14.3 Å². The van der Waals surface area contributed by atoms with Gasteiger partial charge in [0.25, 0.3) is 0 Å². The summed E-state index contributed by atoms with van der Waals surface area (Å²) in [5.41, 5.74) is 3.89. The number of anilines is 1. The van der Waals surface area contributed by atoms with Crippen LogP contribution in [0.3, 0.4) is 0 Å². The first-order chi connectivity index (χ1) is 10.5. The third kappa shape index (κ3) is 3.73. The van der Waals surface area contributed by atoms with Crippen molar-refractivity contribution in [2.24, 2.45) is 0 Å². The number of methoxy groups -OCH3 is 1. The molecule has 0 aliphatic carbocycles. The number of carbonyl (C=O) groups is 2. The monoisotopic (exact) mass is 297 g/mol. The number of hydrogen-bond acceptors (Lipinski definition) is 3. The van der Waals surface area contributed by atoms with Gasteiger partial charge in [0, 0.05) is 5.69 Å². The second kappa shape index (κ2) is 6.89. The summed E-state index contributed by atoms with van der Waals surface area (Å²) in [4.78, 5) is 23.8. The van der Waals surface area contributed by atoms with E-state index in [9.17, 15) is 9.59 Å². The molecule has 0 spiro atoms. The average Bonchev–Trinajstić information content (AvgIpc) is 2.51. The van der Waals surface area contributed by atoms with Gasteiger partial charge in [0.15, 0.2) is 0 Å². The van der Waals surface area contributed by atoms with Crippen molar-refractivity contribution in [3.05, 3.63) is 64.7 Å². The SMILES string of the molecule is COC(=O)c1cccc(NC(=O)Cc2ccc(C)cc2)c1C. The van der Waals surface area contributed by atoms with Crippen LogP contribution < -0.4 is 5.32 Å². The summed E-state index contributed by atoms with van der Waals surface area (Å²) in [7, 11) is 1.34. The lowest BCUT2D eigenvalue weighted by Crippen LogP contribution is -2.16. The molecule has 2 aromatic carbocycles. The van der Waals surface area contributed by atoms with Gasteiger partial charge < -0.3 is 10.1 Å². The van der Waals surface area contributed by atoms with E-state index in [1.54, 1.807) is 25.1 Å². The Morgan fingerprint density at radius 1 is 1.05 bits per heavy atom. The Balaban J connectivity index is 2.11. The van der Waals surface area contributed by atoms with E-state index in [-0.39, 0.29) is 5.91 Å². The Bertz CT molecular complexity index is 690. The molecular weight excluding hydrogens is 278 g/mol. The standard InChI is InChI=1S/C18H19NO3/c1-12-7-9-14(10-8-12)11-17(20)19-16-6-4-5-15(13(16)2)18(21)22-3/h4-10H,11H2,1-3H3,(H,19,20). The fourth-order valence-corrected chi connectivity index (χ4v) is 2.19. The highest BCUT2D eigenvalue weighted by Gasteiger charge is 2.13. The van der Waals surface area contributed by atoms with Crippen LogP contribution in [0.4, 0.5) is 5.69 Å². The minimum atomic E-state index is -0.410. The highest BCUT2D eigenvalue weighted by atomic mass is 16.5. The van der Waals surface area contributed by atoms with E-state index in [0.717, 1.165) is 11.1 Å². The van der Waals surface area contributed by atoms with Crippen LogP contribution in [0.15, 0.2) is 42.5 Å². The largest absolute Gasteiger partial charge is 0.465 e. The van der Waals surface area contributed by atoms with Gasteiger partial charge in [-0.2, -0.15) is 0 Å². The molecule has 1 N–H and O–H groups in total. The van der Waals surface area contributed by atoms with Crippen LogP contribution in [0, 0.1) is 13.8 Å². The van der Waals surface area contributed by atoms with E-state index in [2.05, 4.69) is 5.32 Å². The van der Waals surface area contributed by atoms with Crippen LogP contribution in [0.2, 0.25) is 0 Å². The van der Waals surface area contributed by atoms with E-state index in [1.807, 2.05) is 31.2 Å². The molecule has 22 heavy (non-hydrogen) atoms. The maximum absolute atomic E-state index is 12.1. The van der Waals surface area contributed by atoms with Crippen molar-refractivity contribution >= 4 is 17.6 Å². The highest BCUT2D eigenvalue weighted by Crippen LogP contribution is 2.20. The zero-order valence-electron chi connectivity index (χ0n) is 13.0. The molecule has 2 aromatic rings. The van der Waals surface area contributed by atoms with E-state index >= 15 is 0 Å². The number of esters is 1. The lowest BCUT2D eigenvalue weighted by Gasteiger charge is -2.11. The average molecular weight is 297 g/mol. The third-order valence-corrected chi connectivity index (χ3v) is 3.50. The second-order valence-corrected chi connectivity index (χ2v) is 5.18. The van der Waals surface area contributed by atoms with Gasteiger partial charge in [0.2, 0.25) is 5.91 Å². The Kier molecular flexibility index (Phi) is 4.94. The number of nitrogens with one attached hydrogen (secondary N) is 1. The van der Waals surface area contributed by atoms with E-state index in [4.69, 9.17) is 4.74 Å². The number of ether oxygens (including phenoxy) is 1. The molecule has 0 fully saturated rings. The molecule has 4 heteroatoms. The van der Waals surface area contributed by atoms with Crippen molar-refractivity contribution in [3.63, 3.8) is 0 Å². The predicted octanol–water partition coefficient (Wildman–Crippen LogP) is 3.27. The van der Waals surface area contributed by atoms with Crippen LogP contribution in [-0.4, -0.2) is 19.0 Å². The van der Waals surface area contributed by atoms with Crippen molar-refractivity contribution in [2.75, 3.05) is 12.4 Å². The topological polar surface area (TPSA) is 55.4 Å². The molecule has 0 aliphatic rings. The van der Waals surface area contributed by atoms with Crippen LogP contribution in [0.5, 0.6) is 0 Å². The summed E-state index contributed by atoms with van der Waals surface area (Å²) in [6.07, 6.45) is 0.294. The molecule has 0 aromatic heterocycles. The molecule has 0 heterocycles. The van der Waals surface area contributed by atoms with Gasteiger partial charge >= 0.3 is 5.97 Å². The molecule has 0 radical (unpaired) electrons. The van der Waals surface area contributed by atoms with Gasteiger partial charge in [-0.1, -0.05) is 35.9 Å². The Labute approximate surface area is 130 Å². The van der Waals surface area contributed by atoms with Gasteiger partial charge in [-0.3, -0.25) is 4.79 Å². The fourth-order valence-electron chi connectivity index (χ4n) is 2.19. The van der Waals surface area contributed by atoms with Crippen LogP contribution in [0.1, 0.15) is 27.0 Å². The number of rotatable bonds is 4. The number of amides is 1. The quantitative estimate of drug-likeness (QED) is 0.881. The molecular formula is C18H19NO3. The fraction of sp³-hybridized carbons (Fsp3) is 0.222. The minimum Gasteiger partial charge on any atom is -0.465 e. The van der Waals surface area contributed by atoms with Gasteiger partial charge in [-0.15, -0.1) is 0 Å². The van der Waals surface area contributed by atoms with Crippen LogP contribution in [-0.2, 0) is 16.0 Å². The van der Waals surface area contributed by atoms with Crippen molar-refractivity contribution in [2.45, 2.75) is 20.3 Å². The van der Waals surface area contributed by atoms with Crippen LogP contribution in [0.25, 0.3) is 0 Å². The summed E-state index contributed by atoms with van der Waals surface area (Å²) in [5, 5.41) is 2.85. The van der Waals surface area contributed by atoms with E-state index in [0.29, 0.717) is 23.2 Å². The number of hydrogen-bond donors (Lipinski definition) is 1. The van der Waals surface area contributed by atoms with Gasteiger partial charge in [0.1, 0.15) is 0 Å². The number of aryl methyl sites for hydroxylation is 1. The normalized spacial score (nSPS) is 10.1. The molecule has 4 nitrogen and oxygen atoms in total. The first-order valence-corrected chi connectivity index (χ1v) is 7.04.